The Morgan fingerprint density at radius 2 is 2.11 bits per heavy atom. The van der Waals surface area contributed by atoms with Crippen molar-refractivity contribution < 1.29 is 14.1 Å². The SMILES string of the molecule is Cc1cc([N+](=O)[O-])cc2nc(N3CCOCC3)oc12. The number of nitro benzene ring substituents is 1. The molecular formula is C12H13N3O4. The van der Waals surface area contributed by atoms with Gasteiger partial charge in [0.1, 0.15) is 5.52 Å². The zero-order chi connectivity index (χ0) is 13.4. The largest absolute Gasteiger partial charge is 0.423 e. The molecule has 1 fully saturated rings. The molecule has 19 heavy (non-hydrogen) atoms. The number of hydrogen-bond acceptors (Lipinski definition) is 6. The highest BCUT2D eigenvalue weighted by molar-refractivity contribution is 5.80. The first-order chi connectivity index (χ1) is 9.15. The highest BCUT2D eigenvalue weighted by Gasteiger charge is 2.20. The molecule has 2 aromatic rings. The number of rotatable bonds is 2. The zero-order valence-electron chi connectivity index (χ0n) is 10.5. The van der Waals surface area contributed by atoms with Crippen molar-refractivity contribution in [2.45, 2.75) is 6.92 Å². The van der Waals surface area contributed by atoms with Gasteiger partial charge < -0.3 is 14.1 Å². The topological polar surface area (TPSA) is 81.6 Å². The molecule has 0 radical (unpaired) electrons. The summed E-state index contributed by atoms with van der Waals surface area (Å²) >= 11 is 0. The molecule has 0 aliphatic carbocycles. The summed E-state index contributed by atoms with van der Waals surface area (Å²) in [6, 6.07) is 3.44. The van der Waals surface area contributed by atoms with Gasteiger partial charge in [-0.15, -0.1) is 0 Å². The van der Waals surface area contributed by atoms with Crippen molar-refractivity contribution in [1.82, 2.24) is 4.98 Å². The fraction of sp³-hybridized carbons (Fsp3) is 0.417. The van der Waals surface area contributed by atoms with E-state index in [0.717, 1.165) is 5.56 Å². The Balaban J connectivity index is 2.04. The van der Waals surface area contributed by atoms with Gasteiger partial charge in [-0.05, 0) is 6.92 Å². The maximum Gasteiger partial charge on any atom is 0.298 e. The summed E-state index contributed by atoms with van der Waals surface area (Å²) in [6.07, 6.45) is 0. The van der Waals surface area contributed by atoms with Gasteiger partial charge in [0.25, 0.3) is 11.7 Å². The number of hydrogen-bond donors (Lipinski definition) is 0. The fourth-order valence-corrected chi connectivity index (χ4v) is 2.16. The van der Waals surface area contributed by atoms with Gasteiger partial charge in [-0.1, -0.05) is 0 Å². The second-order valence-electron chi connectivity index (χ2n) is 4.46. The molecule has 0 spiro atoms. The minimum absolute atomic E-state index is 0.0341. The van der Waals surface area contributed by atoms with Crippen molar-refractivity contribution in [3.05, 3.63) is 27.8 Å². The first kappa shape index (κ1) is 11.9. The molecule has 7 heteroatoms. The van der Waals surface area contributed by atoms with E-state index in [1.807, 2.05) is 4.90 Å². The van der Waals surface area contributed by atoms with Crippen LogP contribution in [0.3, 0.4) is 0 Å². The fourth-order valence-electron chi connectivity index (χ4n) is 2.16. The van der Waals surface area contributed by atoms with Gasteiger partial charge in [0.2, 0.25) is 0 Å². The number of nitro groups is 1. The summed E-state index contributed by atoms with van der Waals surface area (Å²) in [4.78, 5) is 16.7. The van der Waals surface area contributed by atoms with Crippen LogP contribution in [-0.4, -0.2) is 36.2 Å². The van der Waals surface area contributed by atoms with Crippen molar-refractivity contribution in [3.8, 4) is 0 Å². The lowest BCUT2D eigenvalue weighted by atomic mass is 10.2. The quantitative estimate of drug-likeness (QED) is 0.607. The Hall–Kier alpha value is -2.15. The lowest BCUT2D eigenvalue weighted by Crippen LogP contribution is -2.36. The van der Waals surface area contributed by atoms with E-state index in [1.54, 1.807) is 6.92 Å². The van der Waals surface area contributed by atoms with Crippen LogP contribution >= 0.6 is 0 Å². The lowest BCUT2D eigenvalue weighted by Gasteiger charge is -2.24. The number of oxazole rings is 1. The molecule has 100 valence electrons. The number of aryl methyl sites for hydroxylation is 1. The van der Waals surface area contributed by atoms with Crippen LogP contribution in [0.4, 0.5) is 11.7 Å². The molecule has 0 bridgehead atoms. The molecule has 7 nitrogen and oxygen atoms in total. The van der Waals surface area contributed by atoms with Gasteiger partial charge in [-0.2, -0.15) is 4.98 Å². The summed E-state index contributed by atoms with van der Waals surface area (Å²) in [5, 5.41) is 10.8. The molecule has 1 aliphatic heterocycles. The van der Waals surface area contributed by atoms with E-state index in [9.17, 15) is 10.1 Å². The van der Waals surface area contributed by atoms with Gasteiger partial charge in [0.15, 0.2) is 5.58 Å². The lowest BCUT2D eigenvalue weighted by molar-refractivity contribution is -0.384. The third kappa shape index (κ3) is 2.12. The van der Waals surface area contributed by atoms with Crippen LogP contribution in [0.2, 0.25) is 0 Å². The normalized spacial score (nSPS) is 15.9. The predicted molar refractivity (Wildman–Crippen MR) is 68.4 cm³/mol. The standard InChI is InChI=1S/C12H13N3O4/c1-8-6-9(15(16)17)7-10-11(8)19-12(13-10)14-2-4-18-5-3-14/h6-7H,2-5H2,1H3. The third-order valence-corrected chi connectivity index (χ3v) is 3.14. The van der Waals surface area contributed by atoms with Gasteiger partial charge in [0.05, 0.1) is 18.1 Å². The Morgan fingerprint density at radius 3 is 2.79 bits per heavy atom. The molecule has 0 unspecified atom stereocenters. The van der Waals surface area contributed by atoms with Crippen LogP contribution in [0.25, 0.3) is 11.1 Å². The molecule has 1 aromatic carbocycles. The average molecular weight is 263 g/mol. The molecule has 2 heterocycles. The monoisotopic (exact) mass is 263 g/mol. The first-order valence-electron chi connectivity index (χ1n) is 6.03. The van der Waals surface area contributed by atoms with Crippen LogP contribution in [0.5, 0.6) is 0 Å². The number of ether oxygens (including phenoxy) is 1. The van der Waals surface area contributed by atoms with E-state index in [1.165, 1.54) is 12.1 Å². The van der Waals surface area contributed by atoms with Crippen molar-refractivity contribution >= 4 is 22.8 Å². The number of nitrogens with zero attached hydrogens (tertiary/aromatic N) is 3. The minimum Gasteiger partial charge on any atom is -0.423 e. The highest BCUT2D eigenvalue weighted by Crippen LogP contribution is 2.28. The van der Waals surface area contributed by atoms with Gasteiger partial charge in [-0.25, -0.2) is 0 Å². The maximum atomic E-state index is 10.8. The van der Waals surface area contributed by atoms with Crippen molar-refractivity contribution in [3.63, 3.8) is 0 Å². The molecule has 1 aromatic heterocycles. The van der Waals surface area contributed by atoms with Crippen LogP contribution in [0.1, 0.15) is 5.56 Å². The molecular weight excluding hydrogens is 250 g/mol. The summed E-state index contributed by atoms with van der Waals surface area (Å²) in [6.45, 7) is 4.49. The summed E-state index contributed by atoms with van der Waals surface area (Å²) < 4.78 is 11.0. The Bertz CT molecular complexity index is 631. The number of aromatic nitrogens is 1. The zero-order valence-corrected chi connectivity index (χ0v) is 10.5. The number of fused-ring (bicyclic) bond motifs is 1. The maximum absolute atomic E-state index is 10.8. The smallest absolute Gasteiger partial charge is 0.298 e. The van der Waals surface area contributed by atoms with E-state index in [0.29, 0.717) is 43.4 Å². The molecule has 0 atom stereocenters. The number of non-ortho nitro benzene ring substituents is 1. The minimum atomic E-state index is -0.421. The van der Waals surface area contributed by atoms with Crippen LogP contribution < -0.4 is 4.90 Å². The van der Waals surface area contributed by atoms with Gasteiger partial charge >= 0.3 is 0 Å². The summed E-state index contributed by atoms with van der Waals surface area (Å²) in [5.74, 6) is 0. The molecule has 3 rings (SSSR count). The third-order valence-electron chi connectivity index (χ3n) is 3.14. The van der Waals surface area contributed by atoms with E-state index in [-0.39, 0.29) is 5.69 Å². The highest BCUT2D eigenvalue weighted by atomic mass is 16.6. The predicted octanol–water partition coefficient (Wildman–Crippen LogP) is 1.88. The van der Waals surface area contributed by atoms with Crippen molar-refractivity contribution in [2.75, 3.05) is 31.2 Å². The Labute approximate surface area is 108 Å². The summed E-state index contributed by atoms with van der Waals surface area (Å²) in [7, 11) is 0. The Kier molecular flexibility index (Phi) is 2.83. The van der Waals surface area contributed by atoms with Crippen LogP contribution in [0, 0.1) is 17.0 Å². The van der Waals surface area contributed by atoms with E-state index >= 15 is 0 Å². The summed E-state index contributed by atoms with van der Waals surface area (Å²) in [5.41, 5.74) is 1.88. The molecule has 0 amide bonds. The van der Waals surface area contributed by atoms with E-state index in [2.05, 4.69) is 4.98 Å². The van der Waals surface area contributed by atoms with Crippen LogP contribution in [-0.2, 0) is 4.74 Å². The second kappa shape index (κ2) is 4.51. The van der Waals surface area contributed by atoms with Gasteiger partial charge in [-0.3, -0.25) is 10.1 Å². The van der Waals surface area contributed by atoms with Gasteiger partial charge in [0, 0.05) is 30.8 Å². The Morgan fingerprint density at radius 1 is 1.37 bits per heavy atom. The number of morpholine rings is 1. The number of anilines is 1. The average Bonchev–Trinajstić information content (AvgIpc) is 2.84. The second-order valence-corrected chi connectivity index (χ2v) is 4.46. The van der Waals surface area contributed by atoms with E-state index < -0.39 is 4.92 Å². The molecule has 1 saturated heterocycles. The van der Waals surface area contributed by atoms with E-state index in [4.69, 9.17) is 9.15 Å². The van der Waals surface area contributed by atoms with Crippen LogP contribution in [0.15, 0.2) is 16.5 Å². The first-order valence-corrected chi connectivity index (χ1v) is 6.03. The van der Waals surface area contributed by atoms with Crippen molar-refractivity contribution in [1.29, 1.82) is 0 Å². The molecule has 0 N–H and O–H groups in total. The molecule has 1 aliphatic rings. The molecule has 0 saturated carbocycles. The number of benzene rings is 1. The van der Waals surface area contributed by atoms with Crippen molar-refractivity contribution in [2.24, 2.45) is 0 Å².